The minimum absolute atomic E-state index is 0.0251. The molecular weight excluding hydrogens is 367 g/mol. The number of ether oxygens (including phenoxy) is 1. The number of rotatable bonds is 6. The lowest BCUT2D eigenvalue weighted by molar-refractivity contribution is -0.119. The molecular formula is C20H19FN2O3S. The Kier molecular flexibility index (Phi) is 5.83. The van der Waals surface area contributed by atoms with Crippen LogP contribution in [0.25, 0.3) is 10.1 Å². The summed E-state index contributed by atoms with van der Waals surface area (Å²) in [7, 11) is 1.45. The molecule has 0 spiro atoms. The summed E-state index contributed by atoms with van der Waals surface area (Å²) in [5.41, 5.74) is 2.11. The van der Waals surface area contributed by atoms with Crippen molar-refractivity contribution in [2.75, 3.05) is 19.0 Å². The molecule has 0 saturated carbocycles. The molecule has 140 valence electrons. The molecule has 0 radical (unpaired) electrons. The molecule has 1 heterocycles. The Bertz CT molecular complexity index is 1000. The maximum atomic E-state index is 14.0. The molecule has 0 unspecified atom stereocenters. The Morgan fingerprint density at radius 3 is 2.70 bits per heavy atom. The number of amides is 2. The molecule has 2 amide bonds. The molecule has 0 bridgehead atoms. The summed E-state index contributed by atoms with van der Waals surface area (Å²) in [4.78, 5) is 24.6. The second-order valence-electron chi connectivity index (χ2n) is 6.03. The first-order chi connectivity index (χ1) is 13.0. The number of carbonyl (C=O) groups excluding carboxylic acids is 2. The zero-order valence-corrected chi connectivity index (χ0v) is 15.8. The van der Waals surface area contributed by atoms with Crippen LogP contribution in [-0.2, 0) is 16.1 Å². The van der Waals surface area contributed by atoms with Gasteiger partial charge >= 0.3 is 0 Å². The van der Waals surface area contributed by atoms with Gasteiger partial charge in [0.15, 0.2) is 0 Å². The van der Waals surface area contributed by atoms with Crippen LogP contribution in [0.5, 0.6) is 0 Å². The summed E-state index contributed by atoms with van der Waals surface area (Å²) in [5.74, 6) is -0.816. The number of fused-ring (bicyclic) bond motifs is 1. The first kappa shape index (κ1) is 19.0. The molecule has 0 fully saturated rings. The van der Waals surface area contributed by atoms with Crippen molar-refractivity contribution in [2.24, 2.45) is 0 Å². The van der Waals surface area contributed by atoms with Crippen LogP contribution in [0.2, 0.25) is 0 Å². The predicted octanol–water partition coefficient (Wildman–Crippen LogP) is 3.86. The number of halogens is 1. The molecule has 0 aliphatic rings. The Hall–Kier alpha value is -2.77. The highest BCUT2D eigenvalue weighted by molar-refractivity contribution is 7.21. The van der Waals surface area contributed by atoms with Crippen molar-refractivity contribution in [2.45, 2.75) is 13.5 Å². The average Bonchev–Trinajstić information content (AvgIpc) is 2.98. The van der Waals surface area contributed by atoms with Gasteiger partial charge in [-0.3, -0.25) is 9.59 Å². The van der Waals surface area contributed by atoms with Crippen LogP contribution in [0.1, 0.15) is 20.8 Å². The van der Waals surface area contributed by atoms with Gasteiger partial charge in [0.25, 0.3) is 5.91 Å². The average molecular weight is 386 g/mol. The van der Waals surface area contributed by atoms with Crippen LogP contribution in [0.4, 0.5) is 10.1 Å². The van der Waals surface area contributed by atoms with Gasteiger partial charge < -0.3 is 15.4 Å². The van der Waals surface area contributed by atoms with Gasteiger partial charge in [-0.05, 0) is 42.3 Å². The van der Waals surface area contributed by atoms with E-state index >= 15 is 0 Å². The molecule has 0 aliphatic heterocycles. The van der Waals surface area contributed by atoms with E-state index in [1.807, 2.05) is 6.07 Å². The third-order valence-electron chi connectivity index (χ3n) is 4.05. The van der Waals surface area contributed by atoms with E-state index in [9.17, 15) is 14.0 Å². The summed E-state index contributed by atoms with van der Waals surface area (Å²) in [5, 5.41) is 6.07. The molecule has 2 N–H and O–H groups in total. The fourth-order valence-corrected chi connectivity index (χ4v) is 3.96. The molecule has 1 aromatic heterocycles. The maximum absolute atomic E-state index is 14.0. The number of aryl methyl sites for hydroxylation is 1. The van der Waals surface area contributed by atoms with Crippen molar-refractivity contribution in [3.05, 3.63) is 64.3 Å². The fourth-order valence-electron chi connectivity index (χ4n) is 2.82. The van der Waals surface area contributed by atoms with Gasteiger partial charge in [0.2, 0.25) is 5.91 Å². The Morgan fingerprint density at radius 2 is 1.96 bits per heavy atom. The highest BCUT2D eigenvalue weighted by atomic mass is 32.1. The monoisotopic (exact) mass is 386 g/mol. The molecule has 3 aromatic rings. The zero-order chi connectivity index (χ0) is 19.4. The third-order valence-corrected chi connectivity index (χ3v) is 5.30. The standard InChI is InChI=1S/C20H19FN2O3S/c1-12-18-15(21)7-4-8-16(18)27-19(12)20(25)22-10-13-5-3-6-14(9-13)23-17(24)11-26-2/h3-9H,10-11H2,1-2H3,(H,22,25)(H,23,24). The van der Waals surface area contributed by atoms with E-state index < -0.39 is 0 Å². The van der Waals surface area contributed by atoms with Crippen molar-refractivity contribution in [1.29, 1.82) is 0 Å². The van der Waals surface area contributed by atoms with Gasteiger partial charge in [-0.25, -0.2) is 4.39 Å². The van der Waals surface area contributed by atoms with E-state index in [1.165, 1.54) is 24.5 Å². The normalized spacial score (nSPS) is 10.8. The number of thiophene rings is 1. The quantitative estimate of drug-likeness (QED) is 0.676. The number of hydrogen-bond donors (Lipinski definition) is 2. The Labute approximate surface area is 160 Å². The molecule has 7 heteroatoms. The minimum Gasteiger partial charge on any atom is -0.375 e. The SMILES string of the molecule is COCC(=O)Nc1cccc(CNC(=O)c2sc3cccc(F)c3c2C)c1. The van der Waals surface area contributed by atoms with Gasteiger partial charge in [-0.15, -0.1) is 11.3 Å². The van der Waals surface area contributed by atoms with E-state index in [0.717, 1.165) is 10.3 Å². The number of nitrogens with one attached hydrogen (secondary N) is 2. The van der Waals surface area contributed by atoms with E-state index in [2.05, 4.69) is 10.6 Å². The fraction of sp³-hybridized carbons (Fsp3) is 0.200. The lowest BCUT2D eigenvalue weighted by atomic mass is 10.1. The Morgan fingerprint density at radius 1 is 1.19 bits per heavy atom. The van der Waals surface area contributed by atoms with Crippen LogP contribution in [0.15, 0.2) is 42.5 Å². The predicted molar refractivity (Wildman–Crippen MR) is 105 cm³/mol. The van der Waals surface area contributed by atoms with Crippen LogP contribution >= 0.6 is 11.3 Å². The molecule has 0 atom stereocenters. The number of hydrogen-bond acceptors (Lipinski definition) is 4. The van der Waals surface area contributed by atoms with E-state index in [1.54, 1.807) is 37.3 Å². The molecule has 0 aliphatic carbocycles. The summed E-state index contributed by atoms with van der Waals surface area (Å²) < 4.78 is 19.5. The van der Waals surface area contributed by atoms with Gasteiger partial charge in [0.05, 0.1) is 4.88 Å². The van der Waals surface area contributed by atoms with Gasteiger partial charge in [-0.2, -0.15) is 0 Å². The smallest absolute Gasteiger partial charge is 0.261 e. The topological polar surface area (TPSA) is 67.4 Å². The van der Waals surface area contributed by atoms with Crippen LogP contribution in [-0.4, -0.2) is 25.5 Å². The molecule has 27 heavy (non-hydrogen) atoms. The van der Waals surface area contributed by atoms with Crippen molar-refractivity contribution in [1.82, 2.24) is 5.32 Å². The zero-order valence-electron chi connectivity index (χ0n) is 15.0. The van der Waals surface area contributed by atoms with Crippen molar-refractivity contribution in [3.8, 4) is 0 Å². The van der Waals surface area contributed by atoms with Gasteiger partial charge in [0, 0.05) is 29.4 Å². The maximum Gasteiger partial charge on any atom is 0.261 e. The van der Waals surface area contributed by atoms with Crippen LogP contribution in [0.3, 0.4) is 0 Å². The highest BCUT2D eigenvalue weighted by Crippen LogP contribution is 2.32. The number of carbonyl (C=O) groups is 2. The highest BCUT2D eigenvalue weighted by Gasteiger charge is 2.17. The first-order valence-corrected chi connectivity index (χ1v) is 9.14. The molecule has 2 aromatic carbocycles. The van der Waals surface area contributed by atoms with Crippen molar-refractivity contribution in [3.63, 3.8) is 0 Å². The Balaban J connectivity index is 1.70. The summed E-state index contributed by atoms with van der Waals surface area (Å²) in [6, 6.07) is 12.0. The third kappa shape index (κ3) is 4.32. The van der Waals surface area contributed by atoms with E-state index in [-0.39, 0.29) is 24.2 Å². The van der Waals surface area contributed by atoms with Crippen molar-refractivity contribution >= 4 is 38.9 Å². The molecule has 0 saturated heterocycles. The van der Waals surface area contributed by atoms with Gasteiger partial charge in [-0.1, -0.05) is 18.2 Å². The van der Waals surface area contributed by atoms with E-state index in [0.29, 0.717) is 28.1 Å². The lowest BCUT2D eigenvalue weighted by Gasteiger charge is -2.08. The first-order valence-electron chi connectivity index (χ1n) is 8.33. The van der Waals surface area contributed by atoms with Crippen LogP contribution < -0.4 is 10.6 Å². The summed E-state index contributed by atoms with van der Waals surface area (Å²) in [6.07, 6.45) is 0. The van der Waals surface area contributed by atoms with E-state index in [4.69, 9.17) is 4.74 Å². The molecule has 5 nitrogen and oxygen atoms in total. The second kappa shape index (κ2) is 8.28. The lowest BCUT2D eigenvalue weighted by Crippen LogP contribution is -2.22. The van der Waals surface area contributed by atoms with Crippen molar-refractivity contribution < 1.29 is 18.7 Å². The largest absolute Gasteiger partial charge is 0.375 e. The van der Waals surface area contributed by atoms with Gasteiger partial charge in [0.1, 0.15) is 12.4 Å². The summed E-state index contributed by atoms with van der Waals surface area (Å²) >= 11 is 1.28. The summed E-state index contributed by atoms with van der Waals surface area (Å²) in [6.45, 7) is 2.02. The second-order valence-corrected chi connectivity index (χ2v) is 7.09. The van der Waals surface area contributed by atoms with Crippen LogP contribution in [0, 0.1) is 12.7 Å². The minimum atomic E-state index is -0.320. The number of benzene rings is 2. The number of anilines is 1. The molecule has 3 rings (SSSR count). The number of methoxy groups -OCH3 is 1.